The summed E-state index contributed by atoms with van der Waals surface area (Å²) in [5.41, 5.74) is 1.85. The van der Waals surface area contributed by atoms with E-state index in [1.165, 1.54) is 23.5 Å². The Morgan fingerprint density at radius 3 is 2.88 bits per heavy atom. The van der Waals surface area contributed by atoms with Gasteiger partial charge in [-0.2, -0.15) is 0 Å². The number of pyridine rings is 1. The average molecular weight is 432 g/mol. The lowest BCUT2D eigenvalue weighted by atomic mass is 10.1. The lowest BCUT2D eigenvalue weighted by Gasteiger charge is -2.09. The molecule has 0 saturated carbocycles. The van der Waals surface area contributed by atoms with Crippen LogP contribution in [-0.2, 0) is 0 Å². The largest absolute Gasteiger partial charge is 0.335 e. The standard InChI is InChI=1S/C18H11BrFN3O2S/c1-9-16-11(17(24)21-13-5-4-10(19)7-12(13)20)8-14(15-3-2-6-26-15)22-18(16)25-23-9/h2-8H,1H3,(H,21,24). The van der Waals surface area contributed by atoms with Crippen molar-refractivity contribution in [2.45, 2.75) is 6.92 Å². The van der Waals surface area contributed by atoms with E-state index < -0.39 is 11.7 Å². The van der Waals surface area contributed by atoms with Crippen LogP contribution in [0.4, 0.5) is 10.1 Å². The second kappa shape index (κ2) is 6.62. The maximum Gasteiger partial charge on any atom is 0.259 e. The van der Waals surface area contributed by atoms with E-state index in [4.69, 9.17) is 4.52 Å². The fraction of sp³-hybridized carbons (Fsp3) is 0.0556. The van der Waals surface area contributed by atoms with E-state index in [2.05, 4.69) is 31.4 Å². The minimum absolute atomic E-state index is 0.0925. The first-order chi connectivity index (χ1) is 12.5. The van der Waals surface area contributed by atoms with E-state index in [9.17, 15) is 9.18 Å². The van der Waals surface area contributed by atoms with Gasteiger partial charge in [0.1, 0.15) is 5.82 Å². The molecule has 0 saturated heterocycles. The lowest BCUT2D eigenvalue weighted by Crippen LogP contribution is -2.14. The Hall–Kier alpha value is -2.58. The maximum atomic E-state index is 14.1. The number of aryl methyl sites for hydroxylation is 1. The van der Waals surface area contributed by atoms with Crippen LogP contribution >= 0.6 is 27.3 Å². The monoisotopic (exact) mass is 431 g/mol. The molecule has 5 nitrogen and oxygen atoms in total. The highest BCUT2D eigenvalue weighted by Gasteiger charge is 2.20. The van der Waals surface area contributed by atoms with Gasteiger partial charge < -0.3 is 9.84 Å². The van der Waals surface area contributed by atoms with E-state index in [0.717, 1.165) is 4.88 Å². The van der Waals surface area contributed by atoms with Crippen LogP contribution in [0.1, 0.15) is 16.1 Å². The molecule has 8 heteroatoms. The van der Waals surface area contributed by atoms with Crippen LogP contribution in [0.25, 0.3) is 21.7 Å². The van der Waals surface area contributed by atoms with Gasteiger partial charge in [0.05, 0.1) is 32.9 Å². The number of fused-ring (bicyclic) bond motifs is 1. The number of carbonyl (C=O) groups is 1. The third kappa shape index (κ3) is 3.02. The van der Waals surface area contributed by atoms with Crippen LogP contribution in [0.2, 0.25) is 0 Å². The highest BCUT2D eigenvalue weighted by atomic mass is 79.9. The van der Waals surface area contributed by atoms with Gasteiger partial charge in [0, 0.05) is 4.47 Å². The van der Waals surface area contributed by atoms with Crippen molar-refractivity contribution in [2.75, 3.05) is 5.32 Å². The Morgan fingerprint density at radius 2 is 2.15 bits per heavy atom. The van der Waals surface area contributed by atoms with Gasteiger partial charge in [-0.05, 0) is 42.6 Å². The number of nitrogens with zero attached hydrogens (tertiary/aromatic N) is 2. The van der Waals surface area contributed by atoms with Crippen LogP contribution < -0.4 is 5.32 Å². The number of aromatic nitrogens is 2. The van der Waals surface area contributed by atoms with Crippen molar-refractivity contribution in [1.29, 1.82) is 0 Å². The number of carbonyl (C=O) groups excluding carboxylic acids is 1. The van der Waals surface area contributed by atoms with Crippen molar-refractivity contribution in [2.24, 2.45) is 0 Å². The van der Waals surface area contributed by atoms with E-state index in [1.807, 2.05) is 17.5 Å². The van der Waals surface area contributed by atoms with Crippen molar-refractivity contribution < 1.29 is 13.7 Å². The van der Waals surface area contributed by atoms with Crippen LogP contribution in [0.5, 0.6) is 0 Å². The molecule has 0 atom stereocenters. The molecule has 0 spiro atoms. The van der Waals surface area contributed by atoms with Crippen LogP contribution in [-0.4, -0.2) is 16.0 Å². The minimum Gasteiger partial charge on any atom is -0.335 e. The van der Waals surface area contributed by atoms with Gasteiger partial charge in [0.15, 0.2) is 0 Å². The summed E-state index contributed by atoms with van der Waals surface area (Å²) in [5.74, 6) is -0.985. The molecule has 130 valence electrons. The van der Waals surface area contributed by atoms with Crippen LogP contribution in [0.3, 0.4) is 0 Å². The zero-order chi connectivity index (χ0) is 18.3. The average Bonchev–Trinajstić information content (AvgIpc) is 3.27. The van der Waals surface area contributed by atoms with Gasteiger partial charge in [-0.1, -0.05) is 27.2 Å². The van der Waals surface area contributed by atoms with Crippen LogP contribution in [0.15, 0.2) is 50.8 Å². The zero-order valence-electron chi connectivity index (χ0n) is 13.4. The Balaban J connectivity index is 1.81. The summed E-state index contributed by atoms with van der Waals surface area (Å²) in [6, 6.07) is 9.91. The Bertz CT molecular complexity index is 1130. The molecule has 0 radical (unpaired) electrons. The van der Waals surface area contributed by atoms with Crippen molar-refractivity contribution in [3.05, 3.63) is 63.3 Å². The number of hydrogen-bond donors (Lipinski definition) is 1. The van der Waals surface area contributed by atoms with Gasteiger partial charge in [0.2, 0.25) is 0 Å². The number of nitrogens with one attached hydrogen (secondary N) is 1. The number of rotatable bonds is 3. The molecule has 0 unspecified atom stereocenters. The van der Waals surface area contributed by atoms with Crippen LogP contribution in [0, 0.1) is 12.7 Å². The molecular formula is C18H11BrFN3O2S. The number of halogens is 2. The van der Waals surface area contributed by atoms with Crippen molar-refractivity contribution in [3.63, 3.8) is 0 Å². The fourth-order valence-electron chi connectivity index (χ4n) is 2.60. The van der Waals surface area contributed by atoms with Crippen molar-refractivity contribution in [1.82, 2.24) is 10.1 Å². The predicted molar refractivity (Wildman–Crippen MR) is 102 cm³/mol. The molecule has 4 rings (SSSR count). The number of amides is 1. The minimum atomic E-state index is -0.529. The molecule has 4 aromatic rings. The quantitative estimate of drug-likeness (QED) is 0.470. The summed E-state index contributed by atoms with van der Waals surface area (Å²) >= 11 is 4.69. The Kier molecular flexibility index (Phi) is 4.29. The van der Waals surface area contributed by atoms with E-state index in [1.54, 1.807) is 19.1 Å². The third-order valence-electron chi connectivity index (χ3n) is 3.81. The molecule has 0 fully saturated rings. The summed E-state index contributed by atoms with van der Waals surface area (Å²) in [7, 11) is 0. The summed E-state index contributed by atoms with van der Waals surface area (Å²) in [6.45, 7) is 1.73. The Labute approximate surface area is 160 Å². The predicted octanol–water partition coefficient (Wildman–Crippen LogP) is 5.41. The lowest BCUT2D eigenvalue weighted by molar-refractivity contribution is 0.102. The molecule has 0 bridgehead atoms. The summed E-state index contributed by atoms with van der Waals surface area (Å²) in [6.07, 6.45) is 0. The number of anilines is 1. The van der Waals surface area contributed by atoms with Gasteiger partial charge in [-0.3, -0.25) is 4.79 Å². The normalized spacial score (nSPS) is 11.0. The molecule has 1 aromatic carbocycles. The molecule has 0 aliphatic rings. The molecule has 3 heterocycles. The second-order valence-corrected chi connectivity index (χ2v) is 7.42. The summed E-state index contributed by atoms with van der Waals surface area (Å²) in [4.78, 5) is 18.2. The number of thiophene rings is 1. The summed E-state index contributed by atoms with van der Waals surface area (Å²) < 4.78 is 19.9. The summed E-state index contributed by atoms with van der Waals surface area (Å²) in [5, 5.41) is 8.94. The molecule has 0 aliphatic heterocycles. The van der Waals surface area contributed by atoms with Crippen molar-refractivity contribution in [3.8, 4) is 10.6 Å². The smallest absolute Gasteiger partial charge is 0.259 e. The topological polar surface area (TPSA) is 68.0 Å². The van der Waals surface area contributed by atoms with E-state index >= 15 is 0 Å². The molecule has 1 N–H and O–H groups in total. The zero-order valence-corrected chi connectivity index (χ0v) is 15.8. The first-order valence-corrected chi connectivity index (χ1v) is 9.27. The van der Waals surface area contributed by atoms with Gasteiger partial charge in [0.25, 0.3) is 11.6 Å². The second-order valence-electron chi connectivity index (χ2n) is 5.56. The molecule has 0 aliphatic carbocycles. The highest BCUT2D eigenvalue weighted by Crippen LogP contribution is 2.30. The van der Waals surface area contributed by atoms with Gasteiger partial charge in [-0.25, -0.2) is 9.37 Å². The number of benzene rings is 1. The van der Waals surface area contributed by atoms with Gasteiger partial charge >= 0.3 is 0 Å². The van der Waals surface area contributed by atoms with Gasteiger partial charge in [-0.15, -0.1) is 11.3 Å². The first kappa shape index (κ1) is 16.9. The highest BCUT2D eigenvalue weighted by molar-refractivity contribution is 9.10. The fourth-order valence-corrected chi connectivity index (χ4v) is 3.62. The van der Waals surface area contributed by atoms with E-state index in [-0.39, 0.29) is 11.4 Å². The third-order valence-corrected chi connectivity index (χ3v) is 5.20. The van der Waals surface area contributed by atoms with Crippen molar-refractivity contribution >= 4 is 50.0 Å². The molecule has 1 amide bonds. The first-order valence-electron chi connectivity index (χ1n) is 7.60. The molecular weight excluding hydrogens is 421 g/mol. The SMILES string of the molecule is Cc1noc2nc(-c3cccs3)cc(C(=O)Nc3ccc(Br)cc3F)c12. The number of hydrogen-bond acceptors (Lipinski definition) is 5. The molecule has 26 heavy (non-hydrogen) atoms. The maximum absolute atomic E-state index is 14.1. The van der Waals surface area contributed by atoms with E-state index in [0.29, 0.717) is 26.8 Å². The molecule has 3 aromatic heterocycles. The Morgan fingerprint density at radius 1 is 1.31 bits per heavy atom.